The highest BCUT2D eigenvalue weighted by molar-refractivity contribution is 6.30. The molecule has 0 aliphatic rings. The van der Waals surface area contributed by atoms with Gasteiger partial charge in [-0.2, -0.15) is 10.2 Å². The summed E-state index contributed by atoms with van der Waals surface area (Å²) in [5, 5.41) is 16.6. The molecule has 4 aromatic rings. The van der Waals surface area contributed by atoms with Crippen LogP contribution in [0.4, 0.5) is 17.5 Å². The van der Waals surface area contributed by atoms with Gasteiger partial charge in [0, 0.05) is 34.5 Å². The maximum atomic E-state index is 12.0. The lowest BCUT2D eigenvalue weighted by Gasteiger charge is -2.13. The van der Waals surface area contributed by atoms with Crippen LogP contribution >= 0.6 is 11.6 Å². The molecule has 10 nitrogen and oxygen atoms in total. The highest BCUT2D eigenvalue weighted by Gasteiger charge is 2.20. The first-order valence-electron chi connectivity index (χ1n) is 11.8. The average molecular weight is 535 g/mol. The molecule has 2 heterocycles. The third kappa shape index (κ3) is 5.58. The van der Waals surface area contributed by atoms with Crippen molar-refractivity contribution in [1.82, 2.24) is 9.97 Å². The minimum atomic E-state index is -0.213. The number of benzene rings is 2. The molecular weight excluding hydrogens is 508 g/mol. The van der Waals surface area contributed by atoms with Gasteiger partial charge in [0.2, 0.25) is 17.6 Å². The number of rotatable bonds is 9. The quantitative estimate of drug-likeness (QED) is 0.265. The number of nitrogens with zero attached hydrogens (tertiary/aromatic N) is 3. The van der Waals surface area contributed by atoms with Crippen molar-refractivity contribution in [3.63, 3.8) is 0 Å². The standard InChI is InChI=1S/C27H27ClN6O4/c1-14(2)26(35)34-27-32-12-17(25(30)33-27)7-16-8-22(36-3)24(37-4)23-20(16)10-19(38-23)13-31-21-9-18(28)6-5-15(21)11-29/h5-6,8-10,12,14,31H,7,13H2,1-4H3,(H3,30,32,33,34,35). The van der Waals surface area contributed by atoms with Crippen LogP contribution in [-0.4, -0.2) is 30.1 Å². The summed E-state index contributed by atoms with van der Waals surface area (Å²) in [5.74, 6) is 1.54. The van der Waals surface area contributed by atoms with E-state index < -0.39 is 0 Å². The first-order chi connectivity index (χ1) is 18.2. The van der Waals surface area contributed by atoms with Crippen LogP contribution in [0, 0.1) is 17.2 Å². The number of aromatic nitrogens is 2. The molecule has 0 bridgehead atoms. The minimum absolute atomic E-state index is 0.150. The van der Waals surface area contributed by atoms with E-state index >= 15 is 0 Å². The molecule has 11 heteroatoms. The van der Waals surface area contributed by atoms with E-state index in [1.807, 2.05) is 12.1 Å². The van der Waals surface area contributed by atoms with Crippen LogP contribution in [0.3, 0.4) is 0 Å². The smallest absolute Gasteiger partial charge is 0.231 e. The summed E-state index contributed by atoms with van der Waals surface area (Å²) in [6, 6.07) is 10.9. The summed E-state index contributed by atoms with van der Waals surface area (Å²) in [7, 11) is 3.09. The Balaban J connectivity index is 1.67. The predicted molar refractivity (Wildman–Crippen MR) is 146 cm³/mol. The van der Waals surface area contributed by atoms with Gasteiger partial charge in [0.15, 0.2) is 11.3 Å². The zero-order chi connectivity index (χ0) is 27.4. The molecule has 2 aromatic carbocycles. The van der Waals surface area contributed by atoms with E-state index in [1.54, 1.807) is 52.5 Å². The van der Waals surface area contributed by atoms with Crippen LogP contribution in [0.1, 0.15) is 36.3 Å². The fourth-order valence-electron chi connectivity index (χ4n) is 3.86. The van der Waals surface area contributed by atoms with Gasteiger partial charge in [-0.15, -0.1) is 0 Å². The number of ether oxygens (including phenoxy) is 2. The van der Waals surface area contributed by atoms with Crippen LogP contribution < -0.4 is 25.8 Å². The highest BCUT2D eigenvalue weighted by atomic mass is 35.5. The lowest BCUT2D eigenvalue weighted by molar-refractivity contribution is -0.118. The van der Waals surface area contributed by atoms with Crippen LogP contribution in [0.15, 0.2) is 40.9 Å². The number of nitrogens with one attached hydrogen (secondary N) is 2. The Bertz CT molecular complexity index is 1540. The van der Waals surface area contributed by atoms with Crippen LogP contribution in [0.5, 0.6) is 11.5 Å². The SMILES string of the molecule is COc1cc(Cc2cnc(NC(=O)C(C)C)nc2N)c2cc(CNc3cc(Cl)ccc3C#N)oc2c1OC. The van der Waals surface area contributed by atoms with Crippen molar-refractivity contribution < 1.29 is 18.7 Å². The number of amides is 1. The topological polar surface area (TPSA) is 148 Å². The largest absolute Gasteiger partial charge is 0.493 e. The van der Waals surface area contributed by atoms with Gasteiger partial charge >= 0.3 is 0 Å². The molecule has 1 amide bonds. The van der Waals surface area contributed by atoms with Crippen molar-refractivity contribution in [2.75, 3.05) is 30.6 Å². The molecule has 0 fully saturated rings. The number of carbonyl (C=O) groups is 1. The molecule has 38 heavy (non-hydrogen) atoms. The van der Waals surface area contributed by atoms with Gasteiger partial charge < -0.3 is 24.9 Å². The van der Waals surface area contributed by atoms with E-state index in [2.05, 4.69) is 26.7 Å². The minimum Gasteiger partial charge on any atom is -0.493 e. The van der Waals surface area contributed by atoms with Crippen LogP contribution in [0.25, 0.3) is 11.0 Å². The maximum absolute atomic E-state index is 12.0. The van der Waals surface area contributed by atoms with Gasteiger partial charge in [0.05, 0.1) is 32.0 Å². The van der Waals surface area contributed by atoms with E-state index in [1.165, 1.54) is 0 Å². The van der Waals surface area contributed by atoms with Gasteiger partial charge in [-0.05, 0) is 35.9 Å². The molecule has 4 rings (SSSR count). The van der Waals surface area contributed by atoms with Gasteiger partial charge in [0.25, 0.3) is 0 Å². The predicted octanol–water partition coefficient (Wildman–Crippen LogP) is 5.14. The lowest BCUT2D eigenvalue weighted by Crippen LogP contribution is -2.20. The molecule has 0 unspecified atom stereocenters. The second-order valence-corrected chi connectivity index (χ2v) is 9.24. The van der Waals surface area contributed by atoms with E-state index in [0.29, 0.717) is 57.6 Å². The number of methoxy groups -OCH3 is 2. The Kier molecular flexibility index (Phi) is 7.88. The van der Waals surface area contributed by atoms with E-state index in [9.17, 15) is 10.1 Å². The number of furan rings is 1. The molecule has 196 valence electrons. The fourth-order valence-corrected chi connectivity index (χ4v) is 4.03. The van der Waals surface area contributed by atoms with E-state index in [0.717, 1.165) is 10.9 Å². The van der Waals surface area contributed by atoms with Crippen molar-refractivity contribution in [2.24, 2.45) is 5.92 Å². The Morgan fingerprint density at radius 2 is 2.00 bits per heavy atom. The zero-order valence-electron chi connectivity index (χ0n) is 21.4. The first kappa shape index (κ1) is 26.6. The molecular formula is C27H27ClN6O4. The summed E-state index contributed by atoms with van der Waals surface area (Å²) in [4.78, 5) is 20.5. The van der Waals surface area contributed by atoms with Gasteiger partial charge in [-0.25, -0.2) is 4.98 Å². The number of hydrogen-bond acceptors (Lipinski definition) is 9. The molecule has 0 spiro atoms. The second kappa shape index (κ2) is 11.3. The van der Waals surface area contributed by atoms with Gasteiger partial charge in [-0.1, -0.05) is 25.4 Å². The Morgan fingerprint density at radius 1 is 1.21 bits per heavy atom. The monoisotopic (exact) mass is 534 g/mol. The number of carbonyl (C=O) groups excluding carboxylic acids is 1. The van der Waals surface area contributed by atoms with E-state index in [4.69, 9.17) is 31.2 Å². The maximum Gasteiger partial charge on any atom is 0.231 e. The molecule has 0 radical (unpaired) electrons. The lowest BCUT2D eigenvalue weighted by atomic mass is 10.0. The molecule has 0 saturated carbocycles. The summed E-state index contributed by atoms with van der Waals surface area (Å²) >= 11 is 6.11. The molecule has 0 aliphatic carbocycles. The van der Waals surface area contributed by atoms with Crippen LogP contribution in [-0.2, 0) is 17.8 Å². The normalized spacial score (nSPS) is 10.9. The Hall–Kier alpha value is -4.49. The number of halogens is 1. The number of anilines is 3. The summed E-state index contributed by atoms with van der Waals surface area (Å²) in [6.45, 7) is 3.85. The third-order valence-electron chi connectivity index (χ3n) is 5.88. The number of hydrogen-bond donors (Lipinski definition) is 3. The van der Waals surface area contributed by atoms with Crippen molar-refractivity contribution in [1.29, 1.82) is 5.26 Å². The molecule has 0 atom stereocenters. The Labute approximate surface area is 224 Å². The molecule has 0 aliphatic heterocycles. The van der Waals surface area contributed by atoms with Gasteiger partial charge in [0.1, 0.15) is 17.6 Å². The van der Waals surface area contributed by atoms with Crippen molar-refractivity contribution in [3.05, 3.63) is 64.0 Å². The highest BCUT2D eigenvalue weighted by Crippen LogP contribution is 2.40. The fraction of sp³-hybridized carbons (Fsp3) is 0.259. The van der Waals surface area contributed by atoms with Crippen molar-refractivity contribution in [3.8, 4) is 17.6 Å². The van der Waals surface area contributed by atoms with Gasteiger partial charge in [-0.3, -0.25) is 10.1 Å². The van der Waals surface area contributed by atoms with Crippen LogP contribution in [0.2, 0.25) is 5.02 Å². The average Bonchev–Trinajstić information content (AvgIpc) is 3.33. The summed E-state index contributed by atoms with van der Waals surface area (Å²) in [5.41, 5.74) is 9.30. The zero-order valence-corrected chi connectivity index (χ0v) is 22.1. The Morgan fingerprint density at radius 3 is 2.66 bits per heavy atom. The number of nitrogens with two attached hydrogens (primary N) is 1. The number of fused-ring (bicyclic) bond motifs is 1. The molecule has 4 N–H and O–H groups in total. The summed E-state index contributed by atoms with van der Waals surface area (Å²) < 4.78 is 17.3. The van der Waals surface area contributed by atoms with E-state index in [-0.39, 0.29) is 23.6 Å². The molecule has 2 aromatic heterocycles. The third-order valence-corrected chi connectivity index (χ3v) is 6.12. The number of nitriles is 1. The van der Waals surface area contributed by atoms with Crippen molar-refractivity contribution in [2.45, 2.75) is 26.8 Å². The first-order valence-corrected chi connectivity index (χ1v) is 12.1. The molecule has 0 saturated heterocycles. The summed E-state index contributed by atoms with van der Waals surface area (Å²) in [6.07, 6.45) is 1.96. The second-order valence-electron chi connectivity index (χ2n) is 8.81. The van der Waals surface area contributed by atoms with Crippen molar-refractivity contribution >= 4 is 45.9 Å². The number of nitrogen functional groups attached to an aromatic ring is 1.